The number of nitriles is 1. The second-order valence-corrected chi connectivity index (χ2v) is 4.23. The highest BCUT2D eigenvalue weighted by atomic mass is 16.2. The SMILES string of the molecule is CC(NC(=O)C(C)(C)C#N)c1nncn1C. The van der Waals surface area contributed by atoms with Gasteiger partial charge in [0.25, 0.3) is 0 Å². The van der Waals surface area contributed by atoms with Crippen LogP contribution in [0.2, 0.25) is 0 Å². The minimum atomic E-state index is -1.03. The van der Waals surface area contributed by atoms with Gasteiger partial charge in [-0.25, -0.2) is 0 Å². The number of amides is 1. The Morgan fingerprint density at radius 3 is 2.75 bits per heavy atom. The fourth-order valence-electron chi connectivity index (χ4n) is 1.18. The molecule has 86 valence electrons. The summed E-state index contributed by atoms with van der Waals surface area (Å²) in [6, 6.07) is 1.68. The van der Waals surface area contributed by atoms with E-state index in [1.807, 2.05) is 6.07 Å². The van der Waals surface area contributed by atoms with Gasteiger partial charge < -0.3 is 9.88 Å². The van der Waals surface area contributed by atoms with Crippen LogP contribution in [0.4, 0.5) is 0 Å². The quantitative estimate of drug-likeness (QED) is 0.807. The molecule has 0 aromatic carbocycles. The first kappa shape index (κ1) is 12.2. The summed E-state index contributed by atoms with van der Waals surface area (Å²) in [6.45, 7) is 4.95. The molecule has 6 heteroatoms. The molecule has 0 saturated carbocycles. The number of hydrogen-bond acceptors (Lipinski definition) is 4. The van der Waals surface area contributed by atoms with E-state index in [1.54, 1.807) is 38.7 Å². The molecule has 0 aliphatic carbocycles. The van der Waals surface area contributed by atoms with Crippen LogP contribution in [0.3, 0.4) is 0 Å². The zero-order valence-electron chi connectivity index (χ0n) is 9.85. The van der Waals surface area contributed by atoms with Crippen LogP contribution in [-0.2, 0) is 11.8 Å². The van der Waals surface area contributed by atoms with Crippen LogP contribution in [-0.4, -0.2) is 20.7 Å². The fourth-order valence-corrected chi connectivity index (χ4v) is 1.18. The molecule has 1 aromatic rings. The van der Waals surface area contributed by atoms with Crippen molar-refractivity contribution in [2.24, 2.45) is 12.5 Å². The van der Waals surface area contributed by atoms with Gasteiger partial charge in [-0.3, -0.25) is 4.79 Å². The van der Waals surface area contributed by atoms with Crippen LogP contribution in [0.15, 0.2) is 6.33 Å². The van der Waals surface area contributed by atoms with Crippen LogP contribution in [0.5, 0.6) is 0 Å². The van der Waals surface area contributed by atoms with Crippen molar-refractivity contribution in [3.05, 3.63) is 12.2 Å². The van der Waals surface area contributed by atoms with Crippen molar-refractivity contribution < 1.29 is 4.79 Å². The third-order valence-corrected chi connectivity index (χ3v) is 2.33. The molecule has 1 unspecified atom stereocenters. The molecule has 1 atom stereocenters. The molecule has 0 bridgehead atoms. The Morgan fingerprint density at radius 1 is 1.69 bits per heavy atom. The average Bonchev–Trinajstić information content (AvgIpc) is 2.64. The van der Waals surface area contributed by atoms with E-state index in [1.165, 1.54) is 0 Å². The van der Waals surface area contributed by atoms with Gasteiger partial charge in [-0.15, -0.1) is 10.2 Å². The monoisotopic (exact) mass is 221 g/mol. The van der Waals surface area contributed by atoms with E-state index in [4.69, 9.17) is 5.26 Å². The van der Waals surface area contributed by atoms with Crippen molar-refractivity contribution in [1.82, 2.24) is 20.1 Å². The Hall–Kier alpha value is -1.90. The predicted molar refractivity (Wildman–Crippen MR) is 57.0 cm³/mol. The second-order valence-electron chi connectivity index (χ2n) is 4.23. The molecule has 0 spiro atoms. The van der Waals surface area contributed by atoms with Crippen LogP contribution in [0.1, 0.15) is 32.6 Å². The molecule has 0 saturated heterocycles. The molecule has 1 aromatic heterocycles. The molecule has 16 heavy (non-hydrogen) atoms. The lowest BCUT2D eigenvalue weighted by atomic mass is 9.94. The first-order valence-corrected chi connectivity index (χ1v) is 4.94. The molecular formula is C10H15N5O. The molecule has 0 aliphatic rings. The van der Waals surface area contributed by atoms with Crippen LogP contribution in [0.25, 0.3) is 0 Å². The molecular weight excluding hydrogens is 206 g/mol. The fraction of sp³-hybridized carbons (Fsp3) is 0.600. The minimum absolute atomic E-state index is 0.271. The second kappa shape index (κ2) is 4.31. The summed E-state index contributed by atoms with van der Waals surface area (Å²) in [4.78, 5) is 11.7. The first-order chi connectivity index (χ1) is 7.38. The van der Waals surface area contributed by atoms with E-state index in [2.05, 4.69) is 15.5 Å². The highest BCUT2D eigenvalue weighted by Gasteiger charge is 2.29. The summed E-state index contributed by atoms with van der Waals surface area (Å²) in [5.74, 6) is 0.340. The molecule has 1 heterocycles. The highest BCUT2D eigenvalue weighted by Crippen LogP contribution is 2.16. The lowest BCUT2D eigenvalue weighted by Crippen LogP contribution is -2.38. The summed E-state index contributed by atoms with van der Waals surface area (Å²) in [7, 11) is 1.80. The van der Waals surface area contributed by atoms with E-state index in [0.29, 0.717) is 5.82 Å². The normalized spacial score (nSPS) is 12.9. The summed E-state index contributed by atoms with van der Waals surface area (Å²) < 4.78 is 1.73. The smallest absolute Gasteiger partial charge is 0.240 e. The largest absolute Gasteiger partial charge is 0.345 e. The van der Waals surface area contributed by atoms with Gasteiger partial charge in [0.05, 0.1) is 12.1 Å². The van der Waals surface area contributed by atoms with E-state index in [-0.39, 0.29) is 11.9 Å². The van der Waals surface area contributed by atoms with Gasteiger partial charge in [-0.2, -0.15) is 5.26 Å². The first-order valence-electron chi connectivity index (χ1n) is 4.94. The Kier molecular flexibility index (Phi) is 3.28. The van der Waals surface area contributed by atoms with Crippen molar-refractivity contribution in [3.63, 3.8) is 0 Å². The number of nitrogens with zero attached hydrogens (tertiary/aromatic N) is 4. The Bertz CT molecular complexity index is 429. The molecule has 0 aliphatic heterocycles. The number of nitrogens with one attached hydrogen (secondary N) is 1. The van der Waals surface area contributed by atoms with Crippen LogP contribution in [0, 0.1) is 16.7 Å². The number of rotatable bonds is 3. The van der Waals surface area contributed by atoms with Gasteiger partial charge in [0.15, 0.2) is 5.82 Å². The number of hydrogen-bond donors (Lipinski definition) is 1. The maximum Gasteiger partial charge on any atom is 0.240 e. The number of aromatic nitrogens is 3. The van der Waals surface area contributed by atoms with Gasteiger partial charge in [0.1, 0.15) is 11.7 Å². The van der Waals surface area contributed by atoms with E-state index in [9.17, 15) is 4.79 Å². The third kappa shape index (κ3) is 2.37. The van der Waals surface area contributed by atoms with Crippen molar-refractivity contribution in [2.45, 2.75) is 26.8 Å². The molecule has 1 N–H and O–H groups in total. The van der Waals surface area contributed by atoms with Gasteiger partial charge >= 0.3 is 0 Å². The summed E-state index contributed by atoms with van der Waals surface area (Å²) in [5, 5.41) is 19.2. The summed E-state index contributed by atoms with van der Waals surface area (Å²) >= 11 is 0. The van der Waals surface area contributed by atoms with Crippen molar-refractivity contribution in [3.8, 4) is 6.07 Å². The van der Waals surface area contributed by atoms with Gasteiger partial charge in [-0.1, -0.05) is 0 Å². The van der Waals surface area contributed by atoms with E-state index >= 15 is 0 Å². The molecule has 0 fully saturated rings. The third-order valence-electron chi connectivity index (χ3n) is 2.33. The van der Waals surface area contributed by atoms with E-state index in [0.717, 1.165) is 0 Å². The summed E-state index contributed by atoms with van der Waals surface area (Å²) in [5.41, 5.74) is -1.03. The maximum absolute atomic E-state index is 11.7. The molecule has 6 nitrogen and oxygen atoms in total. The van der Waals surface area contributed by atoms with Gasteiger partial charge in [0.2, 0.25) is 5.91 Å². The Morgan fingerprint density at radius 2 is 2.31 bits per heavy atom. The Labute approximate surface area is 94.3 Å². The number of aryl methyl sites for hydroxylation is 1. The molecule has 1 rings (SSSR count). The van der Waals surface area contributed by atoms with Crippen LogP contribution >= 0.6 is 0 Å². The van der Waals surface area contributed by atoms with Crippen molar-refractivity contribution in [1.29, 1.82) is 5.26 Å². The number of carbonyl (C=O) groups is 1. The number of carbonyl (C=O) groups excluding carboxylic acids is 1. The summed E-state index contributed by atoms with van der Waals surface area (Å²) in [6.07, 6.45) is 1.56. The van der Waals surface area contributed by atoms with Gasteiger partial charge in [-0.05, 0) is 20.8 Å². The zero-order valence-corrected chi connectivity index (χ0v) is 9.85. The zero-order chi connectivity index (χ0) is 12.3. The highest BCUT2D eigenvalue weighted by molar-refractivity contribution is 5.84. The van der Waals surface area contributed by atoms with E-state index < -0.39 is 5.41 Å². The Balaban J connectivity index is 2.74. The van der Waals surface area contributed by atoms with Crippen molar-refractivity contribution in [2.75, 3.05) is 0 Å². The van der Waals surface area contributed by atoms with Crippen molar-refractivity contribution >= 4 is 5.91 Å². The van der Waals surface area contributed by atoms with Crippen LogP contribution < -0.4 is 5.32 Å². The minimum Gasteiger partial charge on any atom is -0.345 e. The average molecular weight is 221 g/mol. The standard InChI is InChI=1S/C10H15N5O/c1-7(8-14-12-6-15(8)4)13-9(16)10(2,3)5-11/h6-7H,1-4H3,(H,13,16). The molecule has 1 amide bonds. The topological polar surface area (TPSA) is 83.6 Å². The molecule has 0 radical (unpaired) electrons. The van der Waals surface area contributed by atoms with Gasteiger partial charge in [0, 0.05) is 7.05 Å². The lowest BCUT2D eigenvalue weighted by molar-refractivity contribution is -0.127. The predicted octanol–water partition coefficient (Wildman–Crippen LogP) is 0.542. The maximum atomic E-state index is 11.7. The lowest BCUT2D eigenvalue weighted by Gasteiger charge is -2.19.